The quantitative estimate of drug-likeness (QED) is 0.886. The van der Waals surface area contributed by atoms with E-state index in [2.05, 4.69) is 41.3 Å². The molecule has 1 fully saturated rings. The monoisotopic (exact) mass is 287 g/mol. The van der Waals surface area contributed by atoms with Crippen molar-refractivity contribution < 1.29 is 0 Å². The Hall–Kier alpha value is -1.62. The Morgan fingerprint density at radius 2 is 2.38 bits per heavy atom. The van der Waals surface area contributed by atoms with E-state index in [1.54, 1.807) is 0 Å². The van der Waals surface area contributed by atoms with Gasteiger partial charge in [-0.2, -0.15) is 4.98 Å². The van der Waals surface area contributed by atoms with Crippen LogP contribution in [0.3, 0.4) is 0 Å². The van der Waals surface area contributed by atoms with Crippen LogP contribution in [0.1, 0.15) is 38.2 Å². The Morgan fingerprint density at radius 3 is 3.14 bits per heavy atom. The fraction of sp³-hybridized carbons (Fsp3) is 0.625. The molecule has 1 aliphatic heterocycles. The van der Waals surface area contributed by atoms with Gasteiger partial charge in [-0.15, -0.1) is 5.10 Å². The second kappa shape index (κ2) is 6.43. The number of anilines is 1. The Balaban J connectivity index is 1.81. The molecule has 1 unspecified atom stereocenters. The summed E-state index contributed by atoms with van der Waals surface area (Å²) in [5.74, 6) is 0.864. The van der Waals surface area contributed by atoms with Crippen molar-refractivity contribution in [2.45, 2.75) is 45.6 Å². The van der Waals surface area contributed by atoms with Crippen molar-refractivity contribution in [1.29, 1.82) is 0 Å². The summed E-state index contributed by atoms with van der Waals surface area (Å²) < 4.78 is 1.88. The topological polar surface area (TPSA) is 45.5 Å². The molecule has 114 valence electrons. The van der Waals surface area contributed by atoms with Crippen molar-refractivity contribution >= 4 is 11.6 Å². The number of hydrogen-bond acceptors (Lipinski definition) is 4. The molecule has 5 nitrogen and oxygen atoms in total. The van der Waals surface area contributed by atoms with Crippen molar-refractivity contribution in [2.75, 3.05) is 24.5 Å². The molecule has 0 amide bonds. The van der Waals surface area contributed by atoms with Gasteiger partial charge in [0.1, 0.15) is 0 Å². The van der Waals surface area contributed by atoms with Gasteiger partial charge in [-0.1, -0.05) is 13.3 Å². The van der Waals surface area contributed by atoms with Gasteiger partial charge in [0.25, 0.3) is 0 Å². The van der Waals surface area contributed by atoms with Gasteiger partial charge in [-0.3, -0.25) is 0 Å². The molecule has 0 bridgehead atoms. The third-order valence-electron chi connectivity index (χ3n) is 4.15. The largest absolute Gasteiger partial charge is 0.338 e. The van der Waals surface area contributed by atoms with Gasteiger partial charge in [-0.05, 0) is 50.4 Å². The molecule has 0 spiro atoms. The number of fused-ring (bicyclic) bond motifs is 1. The molecule has 3 heterocycles. The van der Waals surface area contributed by atoms with Crippen molar-refractivity contribution in [2.24, 2.45) is 0 Å². The standard InChI is InChI=1S/C16H25N5/c1-3-4-9-20(12-14-6-5-8-17-14)16-18-15-11-13(2)7-10-21(15)19-16/h7,10-11,14,17H,3-6,8-9,12H2,1-2H3. The van der Waals surface area contributed by atoms with E-state index in [1.807, 2.05) is 10.7 Å². The molecule has 0 radical (unpaired) electrons. The van der Waals surface area contributed by atoms with Crippen LogP contribution in [-0.4, -0.2) is 40.3 Å². The first kappa shape index (κ1) is 14.3. The van der Waals surface area contributed by atoms with Crippen LogP contribution in [0.4, 0.5) is 5.95 Å². The van der Waals surface area contributed by atoms with Crippen LogP contribution < -0.4 is 10.2 Å². The molecule has 3 rings (SSSR count). The summed E-state index contributed by atoms with van der Waals surface area (Å²) in [7, 11) is 0. The molecular weight excluding hydrogens is 262 g/mol. The lowest BCUT2D eigenvalue weighted by atomic mass is 10.2. The SMILES string of the molecule is CCCCN(CC1CCCN1)c1nc2cc(C)ccn2n1. The Kier molecular flexibility index (Phi) is 4.39. The minimum absolute atomic E-state index is 0.579. The van der Waals surface area contributed by atoms with E-state index in [4.69, 9.17) is 4.98 Å². The van der Waals surface area contributed by atoms with E-state index in [9.17, 15) is 0 Å². The summed E-state index contributed by atoms with van der Waals surface area (Å²) >= 11 is 0. The van der Waals surface area contributed by atoms with E-state index in [-0.39, 0.29) is 0 Å². The van der Waals surface area contributed by atoms with Crippen LogP contribution in [0, 0.1) is 6.92 Å². The van der Waals surface area contributed by atoms with Gasteiger partial charge in [0.05, 0.1) is 0 Å². The van der Waals surface area contributed by atoms with E-state index < -0.39 is 0 Å². The van der Waals surface area contributed by atoms with Crippen LogP contribution in [0.5, 0.6) is 0 Å². The van der Waals surface area contributed by atoms with Gasteiger partial charge in [-0.25, -0.2) is 4.52 Å². The van der Waals surface area contributed by atoms with E-state index in [0.717, 1.165) is 31.2 Å². The first-order valence-corrected chi connectivity index (χ1v) is 8.07. The van der Waals surface area contributed by atoms with Crippen molar-refractivity contribution in [1.82, 2.24) is 19.9 Å². The lowest BCUT2D eigenvalue weighted by Gasteiger charge is -2.24. The van der Waals surface area contributed by atoms with E-state index >= 15 is 0 Å². The zero-order valence-corrected chi connectivity index (χ0v) is 13.0. The molecule has 21 heavy (non-hydrogen) atoms. The predicted octanol–water partition coefficient (Wildman–Crippen LogP) is 2.40. The van der Waals surface area contributed by atoms with Crippen LogP contribution >= 0.6 is 0 Å². The average Bonchev–Trinajstić information content (AvgIpc) is 3.11. The van der Waals surface area contributed by atoms with Gasteiger partial charge < -0.3 is 10.2 Å². The maximum Gasteiger partial charge on any atom is 0.245 e. The highest BCUT2D eigenvalue weighted by atomic mass is 15.4. The normalized spacial score (nSPS) is 18.5. The van der Waals surface area contributed by atoms with Gasteiger partial charge in [0, 0.05) is 25.3 Å². The number of rotatable bonds is 6. The second-order valence-electron chi connectivity index (χ2n) is 6.01. The third kappa shape index (κ3) is 3.35. The average molecular weight is 287 g/mol. The summed E-state index contributed by atoms with van der Waals surface area (Å²) in [6.07, 6.45) is 6.91. The molecule has 2 aromatic rings. The van der Waals surface area contributed by atoms with Crippen LogP contribution in [0.25, 0.3) is 5.65 Å². The van der Waals surface area contributed by atoms with Crippen molar-refractivity contribution in [3.63, 3.8) is 0 Å². The fourth-order valence-corrected chi connectivity index (χ4v) is 2.91. The highest BCUT2D eigenvalue weighted by Gasteiger charge is 2.20. The highest BCUT2D eigenvalue weighted by Crippen LogP contribution is 2.15. The molecule has 0 aromatic carbocycles. The van der Waals surface area contributed by atoms with E-state index in [1.165, 1.54) is 31.2 Å². The lowest BCUT2D eigenvalue weighted by molar-refractivity contribution is 0.565. The molecule has 0 aliphatic carbocycles. The Bertz CT molecular complexity index is 585. The maximum absolute atomic E-state index is 4.72. The maximum atomic E-state index is 4.72. The molecular formula is C16H25N5. The van der Waals surface area contributed by atoms with Crippen LogP contribution in [0.2, 0.25) is 0 Å². The summed E-state index contributed by atoms with van der Waals surface area (Å²) in [6.45, 7) is 7.50. The van der Waals surface area contributed by atoms with Crippen LogP contribution in [-0.2, 0) is 0 Å². The zero-order valence-electron chi connectivity index (χ0n) is 13.0. The summed E-state index contributed by atoms with van der Waals surface area (Å²) in [6, 6.07) is 4.73. The summed E-state index contributed by atoms with van der Waals surface area (Å²) in [5.41, 5.74) is 2.16. The minimum atomic E-state index is 0.579. The number of pyridine rings is 1. The Labute approximate surface area is 126 Å². The first-order valence-electron chi connectivity index (χ1n) is 8.07. The molecule has 1 N–H and O–H groups in total. The molecule has 2 aromatic heterocycles. The number of hydrogen-bond donors (Lipinski definition) is 1. The van der Waals surface area contributed by atoms with Gasteiger partial charge in [0.2, 0.25) is 5.95 Å². The van der Waals surface area contributed by atoms with Crippen molar-refractivity contribution in [3.8, 4) is 0 Å². The number of aryl methyl sites for hydroxylation is 1. The number of unbranched alkanes of at least 4 members (excludes halogenated alkanes) is 1. The number of nitrogens with zero attached hydrogens (tertiary/aromatic N) is 4. The molecule has 1 aliphatic rings. The molecule has 1 atom stereocenters. The fourth-order valence-electron chi connectivity index (χ4n) is 2.91. The van der Waals surface area contributed by atoms with Crippen LogP contribution in [0.15, 0.2) is 18.3 Å². The zero-order chi connectivity index (χ0) is 14.7. The van der Waals surface area contributed by atoms with Gasteiger partial charge in [0.15, 0.2) is 5.65 Å². The first-order chi connectivity index (χ1) is 10.3. The molecule has 5 heteroatoms. The molecule has 1 saturated heterocycles. The highest BCUT2D eigenvalue weighted by molar-refractivity contribution is 5.46. The summed E-state index contributed by atoms with van der Waals surface area (Å²) in [5, 5.41) is 8.22. The van der Waals surface area contributed by atoms with Gasteiger partial charge >= 0.3 is 0 Å². The van der Waals surface area contributed by atoms with E-state index in [0.29, 0.717) is 6.04 Å². The summed E-state index contributed by atoms with van der Waals surface area (Å²) in [4.78, 5) is 7.06. The number of nitrogens with one attached hydrogen (secondary N) is 1. The second-order valence-corrected chi connectivity index (χ2v) is 6.01. The lowest BCUT2D eigenvalue weighted by Crippen LogP contribution is -2.38. The Morgan fingerprint density at radius 1 is 1.48 bits per heavy atom. The number of aromatic nitrogens is 3. The van der Waals surface area contributed by atoms with Crippen molar-refractivity contribution in [3.05, 3.63) is 23.9 Å². The predicted molar refractivity (Wildman–Crippen MR) is 85.9 cm³/mol. The smallest absolute Gasteiger partial charge is 0.245 e. The molecule has 0 saturated carbocycles. The third-order valence-corrected chi connectivity index (χ3v) is 4.15. The minimum Gasteiger partial charge on any atom is -0.338 e.